The monoisotopic (exact) mass is 291 g/mol. The third-order valence-corrected chi connectivity index (χ3v) is 4.21. The Bertz CT molecular complexity index is 542. The number of nitrogens with one attached hydrogen (secondary N) is 1. The molecule has 0 heterocycles. The largest absolute Gasteiger partial charge is 0.395 e. The highest BCUT2D eigenvalue weighted by Crippen LogP contribution is 2.22. The standard InChI is InChI=1S/C11H14ClNO4S/c1-8-9(12)3-2-4-10(8)13-11(15)7-18(16,17)6-5-14/h2-4,14H,5-7H2,1H3,(H,13,15). The lowest BCUT2D eigenvalue weighted by Crippen LogP contribution is -2.26. The van der Waals surface area contributed by atoms with E-state index in [0.717, 1.165) is 0 Å². The molecule has 2 N–H and O–H groups in total. The van der Waals surface area contributed by atoms with Gasteiger partial charge in [0.15, 0.2) is 9.84 Å². The number of carbonyl (C=O) groups excluding carboxylic acids is 1. The van der Waals surface area contributed by atoms with Crippen molar-refractivity contribution in [3.05, 3.63) is 28.8 Å². The molecule has 0 aliphatic rings. The zero-order valence-corrected chi connectivity index (χ0v) is 11.4. The topological polar surface area (TPSA) is 83.5 Å². The molecular weight excluding hydrogens is 278 g/mol. The van der Waals surface area contributed by atoms with Crippen molar-refractivity contribution in [2.75, 3.05) is 23.4 Å². The predicted octanol–water partition coefficient (Wildman–Crippen LogP) is 0.994. The van der Waals surface area contributed by atoms with Crippen molar-refractivity contribution in [1.82, 2.24) is 0 Å². The van der Waals surface area contributed by atoms with Gasteiger partial charge in [0.2, 0.25) is 5.91 Å². The first-order chi connectivity index (χ1) is 8.35. The Morgan fingerprint density at radius 3 is 2.72 bits per heavy atom. The van der Waals surface area contributed by atoms with E-state index in [0.29, 0.717) is 16.3 Å². The molecule has 1 aromatic carbocycles. The molecule has 0 aliphatic heterocycles. The van der Waals surface area contributed by atoms with Crippen LogP contribution in [0.15, 0.2) is 18.2 Å². The van der Waals surface area contributed by atoms with Crippen molar-refractivity contribution < 1.29 is 18.3 Å². The first-order valence-corrected chi connectivity index (χ1v) is 7.42. The Hall–Kier alpha value is -1.11. The van der Waals surface area contributed by atoms with E-state index in [1.165, 1.54) is 0 Å². The molecule has 0 fully saturated rings. The van der Waals surface area contributed by atoms with Crippen molar-refractivity contribution in [1.29, 1.82) is 0 Å². The fourth-order valence-electron chi connectivity index (χ4n) is 1.34. The summed E-state index contributed by atoms with van der Waals surface area (Å²) in [4.78, 5) is 11.6. The molecular formula is C11H14ClNO4S. The van der Waals surface area contributed by atoms with E-state index in [4.69, 9.17) is 16.7 Å². The van der Waals surface area contributed by atoms with E-state index in [1.54, 1.807) is 25.1 Å². The van der Waals surface area contributed by atoms with E-state index >= 15 is 0 Å². The second-order valence-corrected chi connectivity index (χ2v) is 6.37. The number of aliphatic hydroxyl groups excluding tert-OH is 1. The van der Waals surface area contributed by atoms with Crippen molar-refractivity contribution in [2.45, 2.75) is 6.92 Å². The molecule has 0 saturated carbocycles. The van der Waals surface area contributed by atoms with Crippen molar-refractivity contribution in [3.63, 3.8) is 0 Å². The van der Waals surface area contributed by atoms with Crippen LogP contribution in [-0.4, -0.2) is 37.5 Å². The second-order valence-electron chi connectivity index (χ2n) is 3.78. The lowest BCUT2D eigenvalue weighted by molar-refractivity contribution is -0.113. The normalized spacial score (nSPS) is 11.3. The van der Waals surface area contributed by atoms with Crippen LogP contribution in [0.4, 0.5) is 5.69 Å². The van der Waals surface area contributed by atoms with Crippen molar-refractivity contribution in [3.8, 4) is 0 Å². The second kappa shape index (κ2) is 6.17. The van der Waals surface area contributed by atoms with Gasteiger partial charge in [-0.05, 0) is 24.6 Å². The van der Waals surface area contributed by atoms with Crippen LogP contribution >= 0.6 is 11.6 Å². The quantitative estimate of drug-likeness (QED) is 0.847. The average Bonchev–Trinajstić information content (AvgIpc) is 2.23. The summed E-state index contributed by atoms with van der Waals surface area (Å²) in [6.45, 7) is 1.23. The number of hydrogen-bond acceptors (Lipinski definition) is 4. The van der Waals surface area contributed by atoms with E-state index in [1.807, 2.05) is 0 Å². The number of amides is 1. The van der Waals surface area contributed by atoms with Crippen LogP contribution in [-0.2, 0) is 14.6 Å². The van der Waals surface area contributed by atoms with Gasteiger partial charge in [-0.15, -0.1) is 0 Å². The fourth-order valence-corrected chi connectivity index (χ4v) is 2.41. The SMILES string of the molecule is Cc1c(Cl)cccc1NC(=O)CS(=O)(=O)CCO. The molecule has 7 heteroatoms. The van der Waals surface area contributed by atoms with Crippen LogP contribution in [0, 0.1) is 6.92 Å². The van der Waals surface area contributed by atoms with Crippen LogP contribution in [0.2, 0.25) is 5.02 Å². The molecule has 0 aromatic heterocycles. The van der Waals surface area contributed by atoms with Gasteiger partial charge in [-0.25, -0.2) is 8.42 Å². The van der Waals surface area contributed by atoms with Gasteiger partial charge in [0.1, 0.15) is 5.75 Å². The van der Waals surface area contributed by atoms with E-state index in [-0.39, 0.29) is 0 Å². The molecule has 1 aromatic rings. The van der Waals surface area contributed by atoms with Crippen molar-refractivity contribution >= 4 is 33.0 Å². The fraction of sp³-hybridized carbons (Fsp3) is 0.364. The summed E-state index contributed by atoms with van der Waals surface area (Å²) in [7, 11) is -3.57. The van der Waals surface area contributed by atoms with E-state index in [2.05, 4.69) is 5.32 Å². The summed E-state index contributed by atoms with van der Waals surface area (Å²) in [5.74, 6) is -1.72. The number of sulfone groups is 1. The third-order valence-electron chi connectivity index (χ3n) is 2.30. The minimum absolute atomic E-state index is 0.422. The van der Waals surface area contributed by atoms with Gasteiger partial charge < -0.3 is 10.4 Å². The minimum Gasteiger partial charge on any atom is -0.395 e. The highest BCUT2D eigenvalue weighted by molar-refractivity contribution is 7.92. The Balaban J connectivity index is 2.74. The summed E-state index contributed by atoms with van der Waals surface area (Å²) in [5, 5.41) is 11.5. The maximum atomic E-state index is 11.6. The smallest absolute Gasteiger partial charge is 0.239 e. The molecule has 0 bridgehead atoms. The molecule has 0 aliphatic carbocycles. The molecule has 1 amide bonds. The van der Waals surface area contributed by atoms with Crippen LogP contribution in [0.3, 0.4) is 0 Å². The Morgan fingerprint density at radius 1 is 1.44 bits per heavy atom. The molecule has 0 saturated heterocycles. The lowest BCUT2D eigenvalue weighted by Gasteiger charge is -2.09. The van der Waals surface area contributed by atoms with Gasteiger partial charge in [0.05, 0.1) is 12.4 Å². The predicted molar refractivity (Wildman–Crippen MR) is 70.6 cm³/mol. The number of halogens is 1. The van der Waals surface area contributed by atoms with Gasteiger partial charge in [-0.3, -0.25) is 4.79 Å². The van der Waals surface area contributed by atoms with Gasteiger partial charge >= 0.3 is 0 Å². The number of aliphatic hydroxyl groups is 1. The molecule has 1 rings (SSSR count). The number of carbonyl (C=O) groups is 1. The Kier molecular flexibility index (Phi) is 5.13. The van der Waals surface area contributed by atoms with Gasteiger partial charge in [-0.1, -0.05) is 17.7 Å². The Morgan fingerprint density at radius 2 is 2.11 bits per heavy atom. The molecule has 0 unspecified atom stereocenters. The number of rotatable bonds is 5. The van der Waals surface area contributed by atoms with E-state index in [9.17, 15) is 13.2 Å². The number of hydrogen-bond donors (Lipinski definition) is 2. The van der Waals surface area contributed by atoms with Crippen LogP contribution in [0.1, 0.15) is 5.56 Å². The summed E-state index contributed by atoms with van der Waals surface area (Å²) in [6, 6.07) is 4.97. The molecule has 0 spiro atoms. The number of benzene rings is 1. The van der Waals surface area contributed by atoms with Crippen LogP contribution < -0.4 is 5.32 Å². The highest BCUT2D eigenvalue weighted by Gasteiger charge is 2.16. The van der Waals surface area contributed by atoms with Gasteiger partial charge in [0, 0.05) is 10.7 Å². The van der Waals surface area contributed by atoms with Crippen LogP contribution in [0.5, 0.6) is 0 Å². The zero-order chi connectivity index (χ0) is 13.8. The summed E-state index contributed by atoms with van der Waals surface area (Å²) in [6.07, 6.45) is 0. The average molecular weight is 292 g/mol. The van der Waals surface area contributed by atoms with Crippen LogP contribution in [0.25, 0.3) is 0 Å². The molecule has 0 radical (unpaired) electrons. The third kappa shape index (κ3) is 4.29. The summed E-state index contributed by atoms with van der Waals surface area (Å²) >= 11 is 5.88. The first kappa shape index (κ1) is 14.9. The van der Waals surface area contributed by atoms with E-state index < -0.39 is 33.9 Å². The maximum Gasteiger partial charge on any atom is 0.239 e. The molecule has 100 valence electrons. The lowest BCUT2D eigenvalue weighted by atomic mass is 10.2. The van der Waals surface area contributed by atoms with Crippen molar-refractivity contribution in [2.24, 2.45) is 0 Å². The Labute approximate surface area is 111 Å². The molecule has 18 heavy (non-hydrogen) atoms. The number of anilines is 1. The molecule has 0 atom stereocenters. The highest BCUT2D eigenvalue weighted by atomic mass is 35.5. The van der Waals surface area contributed by atoms with Gasteiger partial charge in [-0.2, -0.15) is 0 Å². The van der Waals surface area contributed by atoms with Gasteiger partial charge in [0.25, 0.3) is 0 Å². The minimum atomic E-state index is -3.57. The summed E-state index contributed by atoms with van der Waals surface area (Å²) < 4.78 is 22.7. The molecule has 5 nitrogen and oxygen atoms in total. The zero-order valence-electron chi connectivity index (χ0n) is 9.81. The first-order valence-electron chi connectivity index (χ1n) is 5.22. The maximum absolute atomic E-state index is 11.6. The summed E-state index contributed by atoms with van der Waals surface area (Å²) in [5.41, 5.74) is 1.15.